The number of rotatable bonds is 23. The van der Waals surface area contributed by atoms with Gasteiger partial charge in [-0.25, -0.2) is 4.79 Å². The van der Waals surface area contributed by atoms with Gasteiger partial charge in [-0.1, -0.05) is 136 Å². The largest absolute Gasteiger partial charge is 0.462 e. The van der Waals surface area contributed by atoms with Gasteiger partial charge >= 0.3 is 5.97 Å². The molecular weight excluding hydrogens is 368 g/mol. The summed E-state index contributed by atoms with van der Waals surface area (Å²) in [4.78, 5) is 11.8. The molecule has 0 fully saturated rings. The fraction of sp³-hybridized carbons (Fsp3) is 0.893. The maximum absolute atomic E-state index is 11.8. The molecule has 0 saturated carbocycles. The van der Waals surface area contributed by atoms with Crippen LogP contribution >= 0.6 is 0 Å². The highest BCUT2D eigenvalue weighted by atomic mass is 16.5. The molecule has 0 aromatic rings. The number of esters is 1. The van der Waals surface area contributed by atoms with Crippen molar-refractivity contribution in [3.05, 3.63) is 12.2 Å². The van der Waals surface area contributed by atoms with Gasteiger partial charge in [0.1, 0.15) is 0 Å². The molecule has 0 aliphatic rings. The van der Waals surface area contributed by atoms with Gasteiger partial charge in [0.15, 0.2) is 0 Å². The van der Waals surface area contributed by atoms with Gasteiger partial charge in [-0.15, -0.1) is 0 Å². The summed E-state index contributed by atoms with van der Waals surface area (Å²) in [5.74, 6) is 0.307. The molecule has 2 heteroatoms. The van der Waals surface area contributed by atoms with E-state index in [-0.39, 0.29) is 5.97 Å². The average molecular weight is 423 g/mol. The van der Waals surface area contributed by atoms with Crippen molar-refractivity contribution in [3.8, 4) is 0 Å². The van der Waals surface area contributed by atoms with Crippen LogP contribution in [0.25, 0.3) is 0 Å². The van der Waals surface area contributed by atoms with Gasteiger partial charge in [0.2, 0.25) is 0 Å². The first-order chi connectivity index (χ1) is 14.6. The quantitative estimate of drug-likeness (QED) is 0.0930. The van der Waals surface area contributed by atoms with Crippen LogP contribution in [0.15, 0.2) is 12.2 Å². The lowest BCUT2D eigenvalue weighted by Gasteiger charge is -2.17. The van der Waals surface area contributed by atoms with Crippen LogP contribution in [0, 0.1) is 5.92 Å². The molecule has 0 aromatic heterocycles. The molecule has 0 radical (unpaired) electrons. The van der Waals surface area contributed by atoms with E-state index in [1.807, 2.05) is 0 Å². The predicted octanol–water partition coefficient (Wildman–Crippen LogP) is 9.56. The van der Waals surface area contributed by atoms with Crippen LogP contribution < -0.4 is 0 Å². The van der Waals surface area contributed by atoms with Crippen molar-refractivity contribution in [3.63, 3.8) is 0 Å². The summed E-state index contributed by atoms with van der Waals surface area (Å²) in [5, 5.41) is 0. The molecular formula is C28H54O2. The van der Waals surface area contributed by atoms with Gasteiger partial charge in [-0.2, -0.15) is 0 Å². The Labute approximate surface area is 189 Å². The topological polar surface area (TPSA) is 26.3 Å². The number of carbonyl (C=O) groups is 1. The average Bonchev–Trinajstić information content (AvgIpc) is 2.74. The lowest BCUT2D eigenvalue weighted by molar-refractivity contribution is -0.140. The third-order valence-electron chi connectivity index (χ3n) is 6.23. The molecule has 0 aromatic carbocycles. The molecule has 0 bridgehead atoms. The summed E-state index contributed by atoms with van der Waals surface area (Å²) >= 11 is 0. The van der Waals surface area contributed by atoms with Crippen molar-refractivity contribution in [1.82, 2.24) is 0 Å². The summed E-state index contributed by atoms with van der Waals surface area (Å²) in [6.45, 7) is 10.6. The third kappa shape index (κ3) is 20.5. The molecule has 178 valence electrons. The molecule has 1 atom stereocenters. The molecule has 0 heterocycles. The second-order valence-electron chi connectivity index (χ2n) is 9.48. The standard InChI is InChI=1S/C28H54O2/c1-5-7-9-11-13-15-16-18-20-22-24-27(25-30-28(29)26(3)4)23-21-19-17-14-12-10-8-6-2/h27H,3,5-25H2,1-2,4H3. The fourth-order valence-corrected chi connectivity index (χ4v) is 4.12. The zero-order valence-corrected chi connectivity index (χ0v) is 21.0. The van der Waals surface area contributed by atoms with Gasteiger partial charge in [-0.05, 0) is 25.7 Å². The molecule has 0 spiro atoms. The number of ether oxygens (including phenoxy) is 1. The maximum atomic E-state index is 11.8. The third-order valence-corrected chi connectivity index (χ3v) is 6.23. The predicted molar refractivity (Wildman–Crippen MR) is 133 cm³/mol. The van der Waals surface area contributed by atoms with Crippen molar-refractivity contribution in [2.45, 2.75) is 149 Å². The number of hydrogen-bond donors (Lipinski definition) is 0. The smallest absolute Gasteiger partial charge is 0.333 e. The minimum Gasteiger partial charge on any atom is -0.462 e. The minimum atomic E-state index is -0.223. The van der Waals surface area contributed by atoms with E-state index in [1.54, 1.807) is 6.92 Å². The second kappa shape index (κ2) is 22.9. The minimum absolute atomic E-state index is 0.223. The second-order valence-corrected chi connectivity index (χ2v) is 9.48. The number of hydrogen-bond acceptors (Lipinski definition) is 2. The van der Waals surface area contributed by atoms with Gasteiger partial charge in [0.25, 0.3) is 0 Å². The van der Waals surface area contributed by atoms with Crippen molar-refractivity contribution in [2.75, 3.05) is 6.61 Å². The number of carbonyl (C=O) groups excluding carboxylic acids is 1. The van der Waals surface area contributed by atoms with Crippen LogP contribution in [0.4, 0.5) is 0 Å². The van der Waals surface area contributed by atoms with E-state index in [0.717, 1.165) is 0 Å². The first-order valence-electron chi connectivity index (χ1n) is 13.4. The Kier molecular flexibility index (Phi) is 22.3. The van der Waals surface area contributed by atoms with Crippen LogP contribution in [-0.4, -0.2) is 12.6 Å². The van der Waals surface area contributed by atoms with Crippen molar-refractivity contribution >= 4 is 5.97 Å². The zero-order chi connectivity index (χ0) is 22.3. The Morgan fingerprint density at radius 3 is 1.30 bits per heavy atom. The van der Waals surface area contributed by atoms with E-state index in [9.17, 15) is 4.79 Å². The summed E-state index contributed by atoms with van der Waals surface area (Å²) in [6.07, 6.45) is 27.0. The molecule has 0 aliphatic heterocycles. The molecule has 2 nitrogen and oxygen atoms in total. The highest BCUT2D eigenvalue weighted by Crippen LogP contribution is 2.20. The van der Waals surface area contributed by atoms with Crippen LogP contribution in [0.3, 0.4) is 0 Å². The first-order valence-corrected chi connectivity index (χ1v) is 13.4. The molecule has 0 amide bonds. The lowest BCUT2D eigenvalue weighted by atomic mass is 9.94. The molecule has 0 rings (SSSR count). The monoisotopic (exact) mass is 422 g/mol. The van der Waals surface area contributed by atoms with Gasteiger partial charge in [0, 0.05) is 5.57 Å². The van der Waals surface area contributed by atoms with E-state index >= 15 is 0 Å². The lowest BCUT2D eigenvalue weighted by Crippen LogP contribution is -2.15. The summed E-state index contributed by atoms with van der Waals surface area (Å²) < 4.78 is 5.49. The SMILES string of the molecule is C=C(C)C(=O)OCC(CCCCCCCCCC)CCCCCCCCCCCC. The highest BCUT2D eigenvalue weighted by Gasteiger charge is 2.12. The molecule has 0 N–H and O–H groups in total. The molecule has 30 heavy (non-hydrogen) atoms. The number of unbranched alkanes of at least 4 members (excludes halogenated alkanes) is 16. The zero-order valence-electron chi connectivity index (χ0n) is 21.0. The van der Waals surface area contributed by atoms with E-state index in [1.165, 1.54) is 128 Å². The van der Waals surface area contributed by atoms with Gasteiger partial charge in [0.05, 0.1) is 6.61 Å². The molecule has 0 aliphatic carbocycles. The van der Waals surface area contributed by atoms with E-state index in [2.05, 4.69) is 20.4 Å². The Bertz CT molecular complexity index is 388. The van der Waals surface area contributed by atoms with Crippen LogP contribution in [0.1, 0.15) is 149 Å². The van der Waals surface area contributed by atoms with Crippen molar-refractivity contribution in [2.24, 2.45) is 5.92 Å². The van der Waals surface area contributed by atoms with Crippen molar-refractivity contribution in [1.29, 1.82) is 0 Å². The maximum Gasteiger partial charge on any atom is 0.333 e. The van der Waals surface area contributed by atoms with Crippen LogP contribution in [0.2, 0.25) is 0 Å². The molecule has 0 saturated heterocycles. The summed E-state index contributed by atoms with van der Waals surface area (Å²) in [7, 11) is 0. The van der Waals surface area contributed by atoms with Crippen LogP contribution in [0.5, 0.6) is 0 Å². The first kappa shape index (κ1) is 29.2. The van der Waals surface area contributed by atoms with Gasteiger partial charge in [-0.3, -0.25) is 0 Å². The van der Waals surface area contributed by atoms with Gasteiger partial charge < -0.3 is 4.74 Å². The van der Waals surface area contributed by atoms with Crippen molar-refractivity contribution < 1.29 is 9.53 Å². The van der Waals surface area contributed by atoms with E-state index in [4.69, 9.17) is 4.74 Å². The van der Waals surface area contributed by atoms with Crippen LogP contribution in [-0.2, 0) is 9.53 Å². The van der Waals surface area contributed by atoms with E-state index in [0.29, 0.717) is 18.1 Å². The van der Waals surface area contributed by atoms with E-state index < -0.39 is 0 Å². The highest BCUT2D eigenvalue weighted by molar-refractivity contribution is 5.86. The fourth-order valence-electron chi connectivity index (χ4n) is 4.12. The normalized spacial score (nSPS) is 12.1. The molecule has 1 unspecified atom stereocenters. The Morgan fingerprint density at radius 1 is 0.633 bits per heavy atom. The Morgan fingerprint density at radius 2 is 0.967 bits per heavy atom. The summed E-state index contributed by atoms with van der Waals surface area (Å²) in [6, 6.07) is 0. The Balaban J connectivity index is 3.87. The Hall–Kier alpha value is -0.790. The summed E-state index contributed by atoms with van der Waals surface area (Å²) in [5.41, 5.74) is 0.514.